The molecule has 2 heteroatoms. The molecule has 1 heterocycles. The Bertz CT molecular complexity index is 539. The van der Waals surface area contributed by atoms with Crippen molar-refractivity contribution >= 4 is 10.9 Å². The third-order valence-electron chi connectivity index (χ3n) is 3.24. The number of fused-ring (bicyclic) bond motifs is 1. The summed E-state index contributed by atoms with van der Waals surface area (Å²) >= 11 is 0. The van der Waals surface area contributed by atoms with Crippen molar-refractivity contribution in [3.05, 3.63) is 42.6 Å². The summed E-state index contributed by atoms with van der Waals surface area (Å²) in [4.78, 5) is 0. The zero-order valence-corrected chi connectivity index (χ0v) is 11.3. The van der Waals surface area contributed by atoms with Crippen molar-refractivity contribution in [3.63, 3.8) is 0 Å². The van der Waals surface area contributed by atoms with Crippen LogP contribution >= 0.6 is 0 Å². The molecule has 2 nitrogen and oxygen atoms in total. The highest BCUT2D eigenvalue weighted by Crippen LogP contribution is 2.29. The van der Waals surface area contributed by atoms with E-state index in [-0.39, 0.29) is 0 Å². The van der Waals surface area contributed by atoms with Crippen molar-refractivity contribution in [2.75, 3.05) is 6.61 Å². The monoisotopic (exact) mass is 243 g/mol. The molecule has 18 heavy (non-hydrogen) atoms. The van der Waals surface area contributed by atoms with Crippen molar-refractivity contribution in [3.8, 4) is 5.75 Å². The number of hydrogen-bond acceptors (Lipinski definition) is 1. The van der Waals surface area contributed by atoms with E-state index in [1.54, 1.807) is 0 Å². The Morgan fingerprint density at radius 3 is 2.89 bits per heavy atom. The average Bonchev–Trinajstić information content (AvgIpc) is 2.74. The van der Waals surface area contributed by atoms with Gasteiger partial charge in [0.15, 0.2) is 0 Å². The average molecular weight is 243 g/mol. The van der Waals surface area contributed by atoms with Crippen LogP contribution in [0.1, 0.15) is 25.3 Å². The predicted molar refractivity (Wildman–Crippen MR) is 77.2 cm³/mol. The molecule has 0 saturated heterocycles. The highest BCUT2D eigenvalue weighted by Gasteiger charge is 2.09. The summed E-state index contributed by atoms with van der Waals surface area (Å²) in [6, 6.07) is 6.36. The minimum absolute atomic E-state index is 0.791. The molecule has 0 saturated carbocycles. The minimum Gasteiger partial charge on any atom is -0.493 e. The van der Waals surface area contributed by atoms with Crippen molar-refractivity contribution < 1.29 is 4.74 Å². The number of benzene rings is 1. The van der Waals surface area contributed by atoms with Gasteiger partial charge in [-0.3, -0.25) is 0 Å². The van der Waals surface area contributed by atoms with Gasteiger partial charge in [0.2, 0.25) is 0 Å². The van der Waals surface area contributed by atoms with Crippen molar-refractivity contribution in [2.24, 2.45) is 7.05 Å². The highest BCUT2D eigenvalue weighted by atomic mass is 16.5. The van der Waals surface area contributed by atoms with Gasteiger partial charge in [-0.1, -0.05) is 19.4 Å². The Morgan fingerprint density at radius 2 is 2.17 bits per heavy atom. The van der Waals surface area contributed by atoms with Crippen molar-refractivity contribution in [1.29, 1.82) is 0 Å². The number of aromatic nitrogens is 1. The Hall–Kier alpha value is -1.70. The zero-order chi connectivity index (χ0) is 13.0. The lowest BCUT2D eigenvalue weighted by atomic mass is 10.1. The van der Waals surface area contributed by atoms with Gasteiger partial charge in [-0.15, -0.1) is 6.58 Å². The molecule has 0 amide bonds. The van der Waals surface area contributed by atoms with Crippen LogP contribution < -0.4 is 4.74 Å². The van der Waals surface area contributed by atoms with Gasteiger partial charge in [0.25, 0.3) is 0 Å². The number of allylic oxidation sites excluding steroid dienone is 1. The smallest absolute Gasteiger partial charge is 0.123 e. The number of hydrogen-bond donors (Lipinski definition) is 0. The zero-order valence-electron chi connectivity index (χ0n) is 11.3. The van der Waals surface area contributed by atoms with E-state index in [1.165, 1.54) is 16.5 Å². The largest absolute Gasteiger partial charge is 0.493 e. The van der Waals surface area contributed by atoms with Crippen LogP contribution in [0.15, 0.2) is 37.1 Å². The molecule has 2 rings (SSSR count). The van der Waals surface area contributed by atoms with Gasteiger partial charge < -0.3 is 9.30 Å². The Kier molecular flexibility index (Phi) is 4.08. The lowest BCUT2D eigenvalue weighted by Crippen LogP contribution is -2.00. The Balaban J connectivity index is 2.38. The fourth-order valence-electron chi connectivity index (χ4n) is 2.21. The SMILES string of the molecule is C=CCc1c(OCCCC)ccc2c1ccn2C. The van der Waals surface area contributed by atoms with E-state index in [9.17, 15) is 0 Å². The lowest BCUT2D eigenvalue weighted by Gasteiger charge is -2.12. The van der Waals surface area contributed by atoms with Crippen LogP contribution in [0.2, 0.25) is 0 Å². The second kappa shape index (κ2) is 5.76. The van der Waals surface area contributed by atoms with E-state index >= 15 is 0 Å². The maximum absolute atomic E-state index is 5.89. The first-order valence-electron chi connectivity index (χ1n) is 6.58. The number of ether oxygens (including phenoxy) is 1. The van der Waals surface area contributed by atoms with E-state index < -0.39 is 0 Å². The molecular weight excluding hydrogens is 222 g/mol. The summed E-state index contributed by atoms with van der Waals surface area (Å²) < 4.78 is 8.03. The molecule has 0 unspecified atom stereocenters. The van der Waals surface area contributed by atoms with Crippen LogP contribution in [0.5, 0.6) is 5.75 Å². The maximum Gasteiger partial charge on any atom is 0.123 e. The van der Waals surface area contributed by atoms with Crippen LogP contribution in [0.25, 0.3) is 10.9 Å². The third kappa shape index (κ3) is 2.42. The van der Waals surface area contributed by atoms with Crippen LogP contribution in [-0.2, 0) is 13.5 Å². The topological polar surface area (TPSA) is 14.2 Å². The second-order valence-electron chi connectivity index (χ2n) is 4.60. The summed E-state index contributed by atoms with van der Waals surface area (Å²) in [6.07, 6.45) is 7.13. The van der Waals surface area contributed by atoms with E-state index in [0.717, 1.165) is 31.6 Å². The fraction of sp³-hybridized carbons (Fsp3) is 0.375. The number of aryl methyl sites for hydroxylation is 1. The van der Waals surface area contributed by atoms with Gasteiger partial charge in [0.1, 0.15) is 5.75 Å². The van der Waals surface area contributed by atoms with E-state index in [4.69, 9.17) is 4.74 Å². The normalized spacial score (nSPS) is 10.8. The molecule has 0 spiro atoms. The molecule has 0 aliphatic heterocycles. The molecule has 0 atom stereocenters. The van der Waals surface area contributed by atoms with Gasteiger partial charge >= 0.3 is 0 Å². The molecule has 1 aromatic heterocycles. The van der Waals surface area contributed by atoms with E-state index in [0.29, 0.717) is 0 Å². The van der Waals surface area contributed by atoms with Crippen LogP contribution in [-0.4, -0.2) is 11.2 Å². The molecule has 1 aromatic carbocycles. The Labute approximate surface area is 109 Å². The summed E-state index contributed by atoms with van der Waals surface area (Å²) in [5.74, 6) is 1.00. The second-order valence-corrected chi connectivity index (χ2v) is 4.60. The van der Waals surface area contributed by atoms with Gasteiger partial charge in [-0.2, -0.15) is 0 Å². The fourth-order valence-corrected chi connectivity index (χ4v) is 2.21. The van der Waals surface area contributed by atoms with E-state index in [2.05, 4.69) is 49.5 Å². The molecule has 0 bridgehead atoms. The van der Waals surface area contributed by atoms with Crippen LogP contribution in [0, 0.1) is 0 Å². The molecule has 0 N–H and O–H groups in total. The molecule has 0 radical (unpaired) electrons. The summed E-state index contributed by atoms with van der Waals surface area (Å²) in [5, 5.41) is 1.27. The minimum atomic E-state index is 0.791. The summed E-state index contributed by atoms with van der Waals surface area (Å²) in [5.41, 5.74) is 2.49. The maximum atomic E-state index is 5.89. The van der Waals surface area contributed by atoms with Crippen LogP contribution in [0.4, 0.5) is 0 Å². The quantitative estimate of drug-likeness (QED) is 0.550. The van der Waals surface area contributed by atoms with E-state index in [1.807, 2.05) is 6.08 Å². The van der Waals surface area contributed by atoms with Gasteiger partial charge in [0.05, 0.1) is 6.61 Å². The summed E-state index contributed by atoms with van der Waals surface area (Å²) in [6.45, 7) is 6.81. The molecule has 0 fully saturated rings. The molecule has 96 valence electrons. The number of nitrogens with zero attached hydrogens (tertiary/aromatic N) is 1. The van der Waals surface area contributed by atoms with Crippen molar-refractivity contribution in [2.45, 2.75) is 26.2 Å². The first-order chi connectivity index (χ1) is 8.77. The molecular formula is C16H21NO. The number of unbranched alkanes of at least 4 members (excludes halogenated alkanes) is 1. The van der Waals surface area contributed by atoms with Gasteiger partial charge in [-0.25, -0.2) is 0 Å². The van der Waals surface area contributed by atoms with Gasteiger partial charge in [-0.05, 0) is 31.0 Å². The summed E-state index contributed by atoms with van der Waals surface area (Å²) in [7, 11) is 2.07. The molecule has 2 aromatic rings. The predicted octanol–water partition coefficient (Wildman–Crippen LogP) is 4.09. The first-order valence-corrected chi connectivity index (χ1v) is 6.58. The van der Waals surface area contributed by atoms with Crippen molar-refractivity contribution in [1.82, 2.24) is 4.57 Å². The Morgan fingerprint density at radius 1 is 1.33 bits per heavy atom. The third-order valence-corrected chi connectivity index (χ3v) is 3.24. The number of rotatable bonds is 6. The highest BCUT2D eigenvalue weighted by molar-refractivity contribution is 5.86. The van der Waals surface area contributed by atoms with Gasteiger partial charge in [0, 0.05) is 29.7 Å². The first kappa shape index (κ1) is 12.7. The van der Waals surface area contributed by atoms with Crippen LogP contribution in [0.3, 0.4) is 0 Å². The standard InChI is InChI=1S/C16H21NO/c1-4-6-12-18-16-9-8-15-13(10-11-17(15)3)14(16)7-5-2/h5,8-11H,2,4,6-7,12H2,1,3H3. The molecule has 0 aliphatic carbocycles. The lowest BCUT2D eigenvalue weighted by molar-refractivity contribution is 0.307. The molecule has 0 aliphatic rings.